The second-order valence-electron chi connectivity index (χ2n) is 14.4. The Morgan fingerprint density at radius 1 is 0.823 bits per heavy atom. The highest BCUT2D eigenvalue weighted by molar-refractivity contribution is 5.90. The molecule has 4 aliphatic heterocycles. The number of rotatable bonds is 13. The van der Waals surface area contributed by atoms with E-state index in [2.05, 4.69) is 5.32 Å². The van der Waals surface area contributed by atoms with Gasteiger partial charge in [0.05, 0.1) is 19.1 Å². The van der Waals surface area contributed by atoms with E-state index in [4.69, 9.17) is 23.7 Å². The van der Waals surface area contributed by atoms with Gasteiger partial charge in [0.25, 0.3) is 6.04 Å². The van der Waals surface area contributed by atoms with Gasteiger partial charge in [-0.3, -0.25) is 0 Å². The van der Waals surface area contributed by atoms with Crippen LogP contribution >= 0.6 is 0 Å². The number of phenolic OH excluding ortho intramolecular Hbond substituents is 2. The fourth-order valence-corrected chi connectivity index (χ4v) is 7.06. The quantitative estimate of drug-likeness (QED) is 0.0563. The Labute approximate surface area is 348 Å². The SMILES string of the molecule is O=C(/C=C/c1ccc(O)cc1)O[C@H]1[C@H](O[C@H]2[C@H](Oc3cc4c(cc3O)[N+](=C/C=C3/C=C(C(=O)O)NC(C(=O)O)C3)[C@H](C(=O)O)C4)O[C@H](CO)[C@@H](O)[C@@H]2O)O[C@H](C(=O)O)[C@@H](O)[C@@H]1O. The first-order chi connectivity index (χ1) is 29.4. The smallest absolute Gasteiger partial charge is 0.373 e. The highest BCUT2D eigenvalue weighted by Gasteiger charge is 2.54. The zero-order valence-corrected chi connectivity index (χ0v) is 31.8. The van der Waals surface area contributed by atoms with Crippen molar-refractivity contribution in [3.05, 3.63) is 77.0 Å². The molecule has 12 atom stereocenters. The molecule has 2 aromatic rings. The molecule has 0 bridgehead atoms. The number of benzene rings is 2. The molecule has 12 N–H and O–H groups in total. The summed E-state index contributed by atoms with van der Waals surface area (Å²) in [7, 11) is 0. The van der Waals surface area contributed by atoms with Crippen LogP contribution in [-0.2, 0) is 49.3 Å². The number of esters is 1. The van der Waals surface area contributed by atoms with E-state index in [1.807, 2.05) is 0 Å². The largest absolute Gasteiger partial charge is 0.508 e. The number of nitrogens with one attached hydrogen (secondary N) is 1. The van der Waals surface area contributed by atoms with Crippen LogP contribution in [0.2, 0.25) is 0 Å². The van der Waals surface area contributed by atoms with E-state index in [0.717, 1.165) is 12.1 Å². The standard InChI is InChI=1S/C39H40N2O21/c42-14-25-27(46)28(47)33(62-39-32(30(49)29(48)31(61-39)37(56)57)60-26(45)6-3-15-1-4-18(43)5-2-15)38(59-25)58-24-12-17-11-22(36(54)55)41(21(17)13-23(24)44)8-7-16-9-19(34(50)51)40-20(10-16)35(52)53/h1-9,12-13,20,22,25,27-33,38-39,42,46-49H,10-11,14H2,(H6,43,44,45,50,51,52,53,54,55,56,57)/p+1/t20?,22-,25+,27+,28-,29-,30-,31-,32+,33+,38+,39-/m0/s1. The average Bonchev–Trinajstić information content (AvgIpc) is 3.58. The van der Waals surface area contributed by atoms with Gasteiger partial charge in [0.1, 0.15) is 48.0 Å². The number of nitrogens with zero attached hydrogens (tertiary/aromatic N) is 1. The minimum atomic E-state index is -2.20. The van der Waals surface area contributed by atoms with Crippen molar-refractivity contribution in [3.8, 4) is 17.2 Å². The van der Waals surface area contributed by atoms with Crippen molar-refractivity contribution >= 4 is 47.8 Å². The lowest BCUT2D eigenvalue weighted by atomic mass is 9.97. The molecular formula is C39H41N2O21+. The highest BCUT2D eigenvalue weighted by Crippen LogP contribution is 2.41. The van der Waals surface area contributed by atoms with E-state index >= 15 is 0 Å². The van der Waals surface area contributed by atoms with Crippen LogP contribution in [0.1, 0.15) is 17.5 Å². The second kappa shape index (κ2) is 18.7. The van der Waals surface area contributed by atoms with E-state index in [0.29, 0.717) is 5.56 Å². The Morgan fingerprint density at radius 3 is 2.15 bits per heavy atom. The Kier molecular flexibility index (Phi) is 13.6. The molecule has 23 heteroatoms. The Hall–Kier alpha value is -6.44. The Balaban J connectivity index is 1.30. The third kappa shape index (κ3) is 9.69. The fraction of sp³-hybridized carbons (Fsp3) is 0.385. The molecule has 2 saturated heterocycles. The Morgan fingerprint density at radius 2 is 1.52 bits per heavy atom. The first kappa shape index (κ1) is 45.1. The van der Waals surface area contributed by atoms with Crippen LogP contribution in [0.25, 0.3) is 6.08 Å². The van der Waals surface area contributed by atoms with Crippen molar-refractivity contribution in [1.82, 2.24) is 5.32 Å². The molecule has 0 spiro atoms. The predicted molar refractivity (Wildman–Crippen MR) is 201 cm³/mol. The number of aromatic hydroxyl groups is 2. The van der Waals surface area contributed by atoms with Gasteiger partial charge >= 0.3 is 29.8 Å². The minimum Gasteiger partial charge on any atom is -0.508 e. The maximum Gasteiger partial charge on any atom is 0.373 e. The van der Waals surface area contributed by atoms with Gasteiger partial charge in [0.15, 0.2) is 42.3 Å². The lowest BCUT2D eigenvalue weighted by molar-refractivity contribution is -0.456. The summed E-state index contributed by atoms with van der Waals surface area (Å²) in [6, 6.07) is 5.25. The van der Waals surface area contributed by atoms with Gasteiger partial charge in [0, 0.05) is 24.1 Å². The molecular weight excluding hydrogens is 832 g/mol. The summed E-state index contributed by atoms with van der Waals surface area (Å²) >= 11 is 0. The lowest BCUT2D eigenvalue weighted by Crippen LogP contribution is -2.66. The van der Waals surface area contributed by atoms with E-state index in [1.54, 1.807) is 0 Å². The summed E-state index contributed by atoms with van der Waals surface area (Å²) in [5, 5.41) is 115. The van der Waals surface area contributed by atoms with Crippen molar-refractivity contribution in [2.75, 3.05) is 6.61 Å². The number of aliphatic hydroxyl groups excluding tert-OH is 5. The molecule has 0 saturated carbocycles. The molecule has 4 aliphatic rings. The molecule has 0 amide bonds. The van der Waals surface area contributed by atoms with Crippen molar-refractivity contribution in [1.29, 1.82) is 0 Å². The molecule has 2 fully saturated rings. The zero-order chi connectivity index (χ0) is 45.2. The summed E-state index contributed by atoms with van der Waals surface area (Å²) in [5.41, 5.74) is 0.599. The highest BCUT2D eigenvalue weighted by atomic mass is 16.8. The van der Waals surface area contributed by atoms with Crippen LogP contribution in [0.4, 0.5) is 5.69 Å². The molecule has 23 nitrogen and oxygen atoms in total. The van der Waals surface area contributed by atoms with Crippen LogP contribution in [-0.4, -0.2) is 177 Å². The number of hydrogen-bond donors (Lipinski definition) is 12. The van der Waals surface area contributed by atoms with Gasteiger partial charge in [-0.25, -0.2) is 24.0 Å². The average molecular weight is 874 g/mol. The maximum absolute atomic E-state index is 12.9. The van der Waals surface area contributed by atoms with E-state index in [1.165, 1.54) is 59.4 Å². The summed E-state index contributed by atoms with van der Waals surface area (Å²) in [6.07, 6.45) is -14.7. The molecule has 0 aliphatic carbocycles. The van der Waals surface area contributed by atoms with Gasteiger partial charge in [0.2, 0.25) is 12.0 Å². The van der Waals surface area contributed by atoms with Gasteiger partial charge in [-0.1, -0.05) is 12.1 Å². The van der Waals surface area contributed by atoms with Crippen LogP contribution in [0.15, 0.2) is 65.9 Å². The number of aliphatic hydroxyl groups is 5. The van der Waals surface area contributed by atoms with E-state index in [-0.39, 0.29) is 35.4 Å². The monoisotopic (exact) mass is 873 g/mol. The Bertz CT molecular complexity index is 2200. The van der Waals surface area contributed by atoms with Gasteiger partial charge < -0.3 is 85.2 Å². The first-order valence-corrected chi connectivity index (χ1v) is 18.6. The number of aliphatic carboxylic acids is 4. The van der Waals surface area contributed by atoms with Crippen LogP contribution in [0, 0.1) is 0 Å². The zero-order valence-electron chi connectivity index (χ0n) is 31.8. The summed E-state index contributed by atoms with van der Waals surface area (Å²) < 4.78 is 29.3. The number of phenols is 2. The van der Waals surface area contributed by atoms with Crippen LogP contribution in [0.3, 0.4) is 0 Å². The minimum absolute atomic E-state index is 0.0567. The van der Waals surface area contributed by atoms with E-state index in [9.17, 15) is 80.1 Å². The molecule has 6 rings (SSSR count). The number of allylic oxidation sites excluding steroid dienone is 2. The summed E-state index contributed by atoms with van der Waals surface area (Å²) in [6.45, 7) is -0.909. The van der Waals surface area contributed by atoms with Crippen molar-refractivity contribution in [2.24, 2.45) is 0 Å². The molecule has 62 heavy (non-hydrogen) atoms. The number of fused-ring (bicyclic) bond motifs is 1. The number of carboxylic acids is 4. The van der Waals surface area contributed by atoms with Crippen LogP contribution in [0.5, 0.6) is 17.2 Å². The van der Waals surface area contributed by atoms with Gasteiger partial charge in [-0.05, 0) is 41.5 Å². The molecule has 332 valence electrons. The fourth-order valence-electron chi connectivity index (χ4n) is 7.06. The molecule has 1 unspecified atom stereocenters. The normalized spacial score (nSPS) is 32.1. The molecule has 2 aromatic carbocycles. The molecule has 4 heterocycles. The predicted octanol–water partition coefficient (Wildman–Crippen LogP) is -2.48. The molecule has 0 radical (unpaired) electrons. The third-order valence-corrected chi connectivity index (χ3v) is 10.3. The number of carboxylic acid groups (broad SMARTS) is 4. The second-order valence-corrected chi connectivity index (χ2v) is 14.4. The van der Waals surface area contributed by atoms with Gasteiger partial charge in [-0.2, -0.15) is 4.58 Å². The van der Waals surface area contributed by atoms with Gasteiger partial charge in [-0.15, -0.1) is 0 Å². The van der Waals surface area contributed by atoms with Crippen LogP contribution < -0.4 is 10.1 Å². The number of hydrogen-bond acceptors (Lipinski definition) is 18. The first-order valence-electron chi connectivity index (χ1n) is 18.6. The van der Waals surface area contributed by atoms with Crippen molar-refractivity contribution in [3.63, 3.8) is 0 Å². The van der Waals surface area contributed by atoms with E-state index < -0.39 is 127 Å². The summed E-state index contributed by atoms with van der Waals surface area (Å²) in [4.78, 5) is 60.6. The molecule has 0 aromatic heterocycles. The number of ether oxygens (including phenoxy) is 5. The number of carbonyl (C=O) groups excluding carboxylic acids is 1. The van der Waals surface area contributed by atoms with Crippen molar-refractivity contribution in [2.45, 2.75) is 86.3 Å². The summed E-state index contributed by atoms with van der Waals surface area (Å²) in [5.74, 6) is -8.21. The lowest BCUT2D eigenvalue weighted by Gasteiger charge is -2.46. The topological polar surface area (TPSA) is 369 Å². The maximum atomic E-state index is 12.9. The third-order valence-electron chi connectivity index (χ3n) is 10.3. The number of carbonyl (C=O) groups is 5. The van der Waals surface area contributed by atoms with Crippen molar-refractivity contribution < 1.29 is 108 Å².